The van der Waals surface area contributed by atoms with Crippen LogP contribution in [0.2, 0.25) is 0 Å². The Morgan fingerprint density at radius 2 is 1.69 bits per heavy atom. The smallest absolute Gasteiger partial charge is 0.245 e. The number of aromatic amines is 1. The first-order valence-corrected chi connectivity index (χ1v) is 13.4. The highest BCUT2D eigenvalue weighted by Gasteiger charge is 2.43. The standard InChI is InChI=1S/C30H40N6O3/c1-29(2,31)27(38)33-25(18-22-20-32-24-13-9-8-12-23(22)24)26(37)36-16-14-30(15-17-36,28(39)34-35(3)4)19-21-10-6-5-7-11-21/h5-13,20,25,32H,14-19,31H2,1-4H3,(H,33,38)(H,34,39)/t25-/m1/s1. The summed E-state index contributed by atoms with van der Waals surface area (Å²) in [5.74, 6) is -0.599. The molecule has 3 aromatic rings. The van der Waals surface area contributed by atoms with Gasteiger partial charge in [0.25, 0.3) is 0 Å². The lowest BCUT2D eigenvalue weighted by atomic mass is 9.73. The Balaban J connectivity index is 1.55. The van der Waals surface area contributed by atoms with Crippen molar-refractivity contribution in [3.63, 3.8) is 0 Å². The van der Waals surface area contributed by atoms with E-state index in [2.05, 4.69) is 15.7 Å². The average Bonchev–Trinajstić information content (AvgIpc) is 3.30. The van der Waals surface area contributed by atoms with Gasteiger partial charge in [-0.1, -0.05) is 48.5 Å². The SMILES string of the molecule is CN(C)NC(=O)C1(Cc2ccccc2)CCN(C(=O)[C@@H](Cc2c[nH]c3ccccc23)NC(=O)C(C)(C)N)CC1. The topological polar surface area (TPSA) is 124 Å². The van der Waals surface area contributed by atoms with E-state index in [1.807, 2.05) is 60.8 Å². The maximum Gasteiger partial charge on any atom is 0.245 e. The molecule has 0 aliphatic carbocycles. The lowest BCUT2D eigenvalue weighted by Crippen LogP contribution is -2.59. The van der Waals surface area contributed by atoms with E-state index >= 15 is 0 Å². The van der Waals surface area contributed by atoms with Gasteiger partial charge in [0.1, 0.15) is 6.04 Å². The molecule has 0 spiro atoms. The van der Waals surface area contributed by atoms with E-state index in [4.69, 9.17) is 5.73 Å². The predicted molar refractivity (Wildman–Crippen MR) is 152 cm³/mol. The molecule has 2 heterocycles. The second kappa shape index (κ2) is 11.6. The summed E-state index contributed by atoms with van der Waals surface area (Å²) >= 11 is 0. The van der Waals surface area contributed by atoms with Crippen molar-refractivity contribution in [2.45, 2.75) is 51.1 Å². The van der Waals surface area contributed by atoms with Crippen LogP contribution >= 0.6 is 0 Å². The number of carbonyl (C=O) groups is 3. The zero-order valence-corrected chi connectivity index (χ0v) is 23.3. The first kappa shape index (κ1) is 28.3. The average molecular weight is 533 g/mol. The van der Waals surface area contributed by atoms with Gasteiger partial charge in [-0.25, -0.2) is 5.01 Å². The second-order valence-corrected chi connectivity index (χ2v) is 11.4. The van der Waals surface area contributed by atoms with Crippen molar-refractivity contribution in [1.29, 1.82) is 0 Å². The number of likely N-dealkylation sites (tertiary alicyclic amines) is 1. The predicted octanol–water partition coefficient (Wildman–Crippen LogP) is 2.38. The molecule has 0 radical (unpaired) electrons. The van der Waals surface area contributed by atoms with Gasteiger partial charge >= 0.3 is 0 Å². The van der Waals surface area contributed by atoms with Gasteiger partial charge in [0.15, 0.2) is 0 Å². The van der Waals surface area contributed by atoms with E-state index in [0.717, 1.165) is 22.0 Å². The number of rotatable bonds is 9. The summed E-state index contributed by atoms with van der Waals surface area (Å²) < 4.78 is 0. The summed E-state index contributed by atoms with van der Waals surface area (Å²) in [7, 11) is 3.59. The molecule has 0 bridgehead atoms. The summed E-state index contributed by atoms with van der Waals surface area (Å²) in [6, 6.07) is 17.1. The number of amides is 3. The van der Waals surface area contributed by atoms with Crippen LogP contribution in [-0.4, -0.2) is 71.4 Å². The van der Waals surface area contributed by atoms with Crippen LogP contribution in [0.4, 0.5) is 0 Å². The number of hydrogen-bond acceptors (Lipinski definition) is 5. The van der Waals surface area contributed by atoms with Crippen LogP contribution in [0.1, 0.15) is 37.8 Å². The Morgan fingerprint density at radius 3 is 2.33 bits per heavy atom. The van der Waals surface area contributed by atoms with Gasteiger partial charge in [0.2, 0.25) is 17.7 Å². The van der Waals surface area contributed by atoms with Crippen molar-refractivity contribution in [3.8, 4) is 0 Å². The monoisotopic (exact) mass is 532 g/mol. The van der Waals surface area contributed by atoms with Gasteiger partial charge in [-0.05, 0) is 50.3 Å². The lowest BCUT2D eigenvalue weighted by molar-refractivity contribution is -0.145. The molecule has 1 aliphatic rings. The Bertz CT molecular complexity index is 1300. The van der Waals surface area contributed by atoms with Crippen LogP contribution in [0, 0.1) is 5.41 Å². The van der Waals surface area contributed by atoms with E-state index in [9.17, 15) is 14.4 Å². The van der Waals surface area contributed by atoms with Crippen molar-refractivity contribution in [2.75, 3.05) is 27.2 Å². The normalized spacial score (nSPS) is 16.2. The summed E-state index contributed by atoms with van der Waals surface area (Å²) in [6.07, 6.45) is 3.84. The lowest BCUT2D eigenvalue weighted by Gasteiger charge is -2.42. The summed E-state index contributed by atoms with van der Waals surface area (Å²) in [4.78, 5) is 45.2. The van der Waals surface area contributed by atoms with E-state index in [1.165, 1.54) is 0 Å². The number of nitrogens with one attached hydrogen (secondary N) is 3. The fourth-order valence-electron chi connectivity index (χ4n) is 5.23. The zero-order valence-electron chi connectivity index (χ0n) is 23.3. The van der Waals surface area contributed by atoms with E-state index in [1.54, 1.807) is 37.9 Å². The largest absolute Gasteiger partial charge is 0.361 e. The molecular formula is C30H40N6O3. The molecule has 208 valence electrons. The molecule has 0 saturated carbocycles. The van der Waals surface area contributed by atoms with Crippen molar-refractivity contribution in [1.82, 2.24) is 25.6 Å². The number of carbonyl (C=O) groups excluding carboxylic acids is 3. The van der Waals surface area contributed by atoms with Gasteiger partial charge < -0.3 is 20.9 Å². The maximum atomic E-state index is 13.9. The van der Waals surface area contributed by atoms with Gasteiger partial charge in [-0.15, -0.1) is 0 Å². The first-order chi connectivity index (χ1) is 18.5. The highest BCUT2D eigenvalue weighted by Crippen LogP contribution is 2.36. The first-order valence-electron chi connectivity index (χ1n) is 13.4. The van der Waals surface area contributed by atoms with Crippen LogP contribution in [0.15, 0.2) is 60.8 Å². The summed E-state index contributed by atoms with van der Waals surface area (Å²) in [5.41, 5.74) is 10.2. The second-order valence-electron chi connectivity index (χ2n) is 11.4. The molecule has 1 saturated heterocycles. The highest BCUT2D eigenvalue weighted by atomic mass is 16.2. The molecule has 9 heteroatoms. The molecule has 0 unspecified atom stereocenters. The van der Waals surface area contributed by atoms with Crippen LogP contribution in [0.3, 0.4) is 0 Å². The van der Waals surface area contributed by atoms with Crippen molar-refractivity contribution in [2.24, 2.45) is 11.1 Å². The van der Waals surface area contributed by atoms with Crippen molar-refractivity contribution < 1.29 is 14.4 Å². The van der Waals surface area contributed by atoms with E-state index in [0.29, 0.717) is 38.8 Å². The quantitative estimate of drug-likeness (QED) is 0.315. The summed E-state index contributed by atoms with van der Waals surface area (Å²) in [5, 5.41) is 5.58. The molecule has 5 N–H and O–H groups in total. The molecule has 4 rings (SSSR count). The van der Waals surface area contributed by atoms with Crippen LogP contribution in [0.25, 0.3) is 10.9 Å². The van der Waals surface area contributed by atoms with Crippen molar-refractivity contribution in [3.05, 3.63) is 71.9 Å². The van der Waals surface area contributed by atoms with E-state index < -0.39 is 17.0 Å². The number of hydrazine groups is 1. The van der Waals surface area contributed by atoms with Crippen LogP contribution in [0.5, 0.6) is 0 Å². The van der Waals surface area contributed by atoms with Crippen LogP contribution in [-0.2, 0) is 27.2 Å². The molecule has 2 aromatic carbocycles. The number of aromatic nitrogens is 1. The number of para-hydroxylation sites is 1. The summed E-state index contributed by atoms with van der Waals surface area (Å²) in [6.45, 7) is 4.08. The molecule has 1 aromatic heterocycles. The third-order valence-electron chi connectivity index (χ3n) is 7.51. The Hall–Kier alpha value is -3.69. The third kappa shape index (κ3) is 6.66. The van der Waals surface area contributed by atoms with Gasteiger partial charge in [0, 0.05) is 50.7 Å². The molecule has 1 aliphatic heterocycles. The maximum absolute atomic E-state index is 13.9. The fraction of sp³-hybridized carbons (Fsp3) is 0.433. The Kier molecular flexibility index (Phi) is 8.42. The molecule has 1 atom stereocenters. The number of nitrogens with two attached hydrogens (primary N) is 1. The Morgan fingerprint density at radius 1 is 1.05 bits per heavy atom. The number of H-pyrrole nitrogens is 1. The van der Waals surface area contributed by atoms with E-state index in [-0.39, 0.29) is 17.7 Å². The van der Waals surface area contributed by atoms with Gasteiger partial charge in [0.05, 0.1) is 11.0 Å². The number of nitrogens with zero attached hydrogens (tertiary/aromatic N) is 2. The minimum Gasteiger partial charge on any atom is -0.361 e. The number of hydrogen-bond donors (Lipinski definition) is 4. The van der Waals surface area contributed by atoms with Crippen LogP contribution < -0.4 is 16.5 Å². The number of piperidine rings is 1. The minimum atomic E-state index is -1.13. The molecule has 39 heavy (non-hydrogen) atoms. The highest BCUT2D eigenvalue weighted by molar-refractivity contribution is 5.93. The molecular weight excluding hydrogens is 492 g/mol. The molecule has 9 nitrogen and oxygen atoms in total. The Labute approximate surface area is 230 Å². The zero-order chi connectivity index (χ0) is 28.2. The van der Waals surface area contributed by atoms with Gasteiger partial charge in [-0.2, -0.15) is 0 Å². The molecule has 3 amide bonds. The van der Waals surface area contributed by atoms with Gasteiger partial charge in [-0.3, -0.25) is 19.8 Å². The van der Waals surface area contributed by atoms with Crippen molar-refractivity contribution >= 4 is 28.6 Å². The molecule has 1 fully saturated rings. The number of fused-ring (bicyclic) bond motifs is 1. The minimum absolute atomic E-state index is 0.0445. The number of benzene rings is 2. The fourth-order valence-corrected chi connectivity index (χ4v) is 5.23. The third-order valence-corrected chi connectivity index (χ3v) is 7.51.